The van der Waals surface area contributed by atoms with Gasteiger partial charge in [0.2, 0.25) is 0 Å². The summed E-state index contributed by atoms with van der Waals surface area (Å²) in [6.45, 7) is 7.02. The lowest BCUT2D eigenvalue weighted by Crippen LogP contribution is -2.32. The molecule has 0 aliphatic heterocycles. The van der Waals surface area contributed by atoms with Crippen molar-refractivity contribution in [1.82, 2.24) is 15.1 Å². The van der Waals surface area contributed by atoms with Gasteiger partial charge in [-0.3, -0.25) is 4.68 Å². The smallest absolute Gasteiger partial charge is 0.407 e. The van der Waals surface area contributed by atoms with E-state index >= 15 is 0 Å². The molecule has 0 saturated carbocycles. The van der Waals surface area contributed by atoms with Gasteiger partial charge in [-0.1, -0.05) is 0 Å². The highest BCUT2D eigenvalue weighted by atomic mass is 16.6. The number of aromatic carboxylic acids is 1. The first-order valence-electron chi connectivity index (χ1n) is 5.84. The van der Waals surface area contributed by atoms with Crippen LogP contribution in [0.5, 0.6) is 0 Å². The highest BCUT2D eigenvalue weighted by Crippen LogP contribution is 2.13. The molecular formula is C12H19N3O4. The lowest BCUT2D eigenvalue weighted by Gasteiger charge is -2.19. The van der Waals surface area contributed by atoms with E-state index in [4.69, 9.17) is 9.84 Å². The molecule has 0 atom stereocenters. The van der Waals surface area contributed by atoms with Gasteiger partial charge in [-0.2, -0.15) is 5.10 Å². The highest BCUT2D eigenvalue weighted by Gasteiger charge is 2.21. The molecule has 7 heteroatoms. The number of carbonyl (C=O) groups excluding carboxylic acids is 1. The van der Waals surface area contributed by atoms with Crippen LogP contribution in [0.1, 0.15) is 42.5 Å². The molecule has 19 heavy (non-hydrogen) atoms. The second-order valence-electron chi connectivity index (χ2n) is 5.20. The number of aryl methyl sites for hydroxylation is 2. The van der Waals surface area contributed by atoms with Crippen LogP contribution in [0.2, 0.25) is 0 Å². The largest absolute Gasteiger partial charge is 0.477 e. The predicted molar refractivity (Wildman–Crippen MR) is 68.0 cm³/mol. The summed E-state index contributed by atoms with van der Waals surface area (Å²) < 4.78 is 6.36. The summed E-state index contributed by atoms with van der Waals surface area (Å²) in [6, 6.07) is 0. The fraction of sp³-hybridized carbons (Fsp3) is 0.583. The van der Waals surface area contributed by atoms with Gasteiger partial charge in [0.15, 0.2) is 5.69 Å². The Hall–Kier alpha value is -2.05. The molecule has 1 rings (SSSR count). The van der Waals surface area contributed by atoms with Gasteiger partial charge < -0.3 is 15.2 Å². The third kappa shape index (κ3) is 3.97. The molecule has 106 valence electrons. The van der Waals surface area contributed by atoms with Crippen molar-refractivity contribution in [1.29, 1.82) is 0 Å². The number of alkyl carbamates (subject to hydrolysis) is 1. The van der Waals surface area contributed by atoms with E-state index in [0.29, 0.717) is 11.3 Å². The highest BCUT2D eigenvalue weighted by molar-refractivity contribution is 5.87. The molecule has 0 aliphatic rings. The van der Waals surface area contributed by atoms with Crippen molar-refractivity contribution in [2.75, 3.05) is 0 Å². The molecule has 1 amide bonds. The fourth-order valence-electron chi connectivity index (χ4n) is 1.66. The van der Waals surface area contributed by atoms with Crippen molar-refractivity contribution in [2.45, 2.75) is 39.8 Å². The van der Waals surface area contributed by atoms with Crippen molar-refractivity contribution in [3.05, 3.63) is 17.0 Å². The van der Waals surface area contributed by atoms with Crippen LogP contribution in [0.3, 0.4) is 0 Å². The minimum Gasteiger partial charge on any atom is -0.477 e. The van der Waals surface area contributed by atoms with Gasteiger partial charge >= 0.3 is 12.1 Å². The number of nitrogens with zero attached hydrogens (tertiary/aromatic N) is 2. The van der Waals surface area contributed by atoms with Crippen LogP contribution in [0.4, 0.5) is 4.79 Å². The summed E-state index contributed by atoms with van der Waals surface area (Å²) >= 11 is 0. The summed E-state index contributed by atoms with van der Waals surface area (Å²) in [7, 11) is 1.55. The minimum atomic E-state index is -1.08. The lowest BCUT2D eigenvalue weighted by atomic mass is 10.2. The molecular weight excluding hydrogens is 250 g/mol. The van der Waals surface area contributed by atoms with Gasteiger partial charge in [-0.25, -0.2) is 9.59 Å². The van der Waals surface area contributed by atoms with Crippen LogP contribution in [-0.4, -0.2) is 32.6 Å². The summed E-state index contributed by atoms with van der Waals surface area (Å²) in [5.41, 5.74) is 0.509. The van der Waals surface area contributed by atoms with Crippen LogP contribution in [0, 0.1) is 6.92 Å². The number of hydrogen-bond acceptors (Lipinski definition) is 4. The second kappa shape index (κ2) is 5.29. The summed E-state index contributed by atoms with van der Waals surface area (Å²) in [4.78, 5) is 22.6. The Bertz CT molecular complexity index is 500. The quantitative estimate of drug-likeness (QED) is 0.866. The van der Waals surface area contributed by atoms with Crippen LogP contribution in [-0.2, 0) is 18.3 Å². The fourth-order valence-corrected chi connectivity index (χ4v) is 1.66. The minimum absolute atomic E-state index is 0.0635. The summed E-state index contributed by atoms with van der Waals surface area (Å²) in [5.74, 6) is -1.08. The second-order valence-corrected chi connectivity index (χ2v) is 5.20. The Kier molecular flexibility index (Phi) is 4.18. The van der Waals surface area contributed by atoms with Crippen LogP contribution < -0.4 is 5.32 Å². The molecule has 0 bridgehead atoms. The lowest BCUT2D eigenvalue weighted by molar-refractivity contribution is 0.0520. The van der Waals surface area contributed by atoms with Crippen molar-refractivity contribution < 1.29 is 19.4 Å². The number of hydrogen-bond donors (Lipinski definition) is 2. The van der Waals surface area contributed by atoms with E-state index in [0.717, 1.165) is 0 Å². The average molecular weight is 269 g/mol. The van der Waals surface area contributed by atoms with E-state index in [-0.39, 0.29) is 12.2 Å². The predicted octanol–water partition coefficient (Wildman–Crippen LogP) is 1.45. The molecule has 0 spiro atoms. The van der Waals surface area contributed by atoms with Gasteiger partial charge in [0.1, 0.15) is 5.60 Å². The zero-order valence-corrected chi connectivity index (χ0v) is 11.8. The average Bonchev–Trinajstić information content (AvgIpc) is 2.47. The molecule has 0 radical (unpaired) electrons. The topological polar surface area (TPSA) is 93.5 Å². The maximum atomic E-state index is 11.5. The molecule has 7 nitrogen and oxygen atoms in total. The Morgan fingerprint density at radius 1 is 1.42 bits per heavy atom. The monoisotopic (exact) mass is 269 g/mol. The number of amides is 1. The van der Waals surface area contributed by atoms with Crippen LogP contribution in [0.15, 0.2) is 0 Å². The van der Waals surface area contributed by atoms with Gasteiger partial charge in [0, 0.05) is 12.6 Å². The van der Waals surface area contributed by atoms with Gasteiger partial charge in [-0.15, -0.1) is 0 Å². The van der Waals surface area contributed by atoms with E-state index in [1.54, 1.807) is 34.7 Å². The number of nitrogens with one attached hydrogen (secondary N) is 1. The number of aromatic nitrogens is 2. The van der Waals surface area contributed by atoms with E-state index in [1.807, 2.05) is 0 Å². The van der Waals surface area contributed by atoms with E-state index in [1.165, 1.54) is 4.68 Å². The van der Waals surface area contributed by atoms with E-state index < -0.39 is 17.7 Å². The van der Waals surface area contributed by atoms with Crippen LogP contribution in [0.25, 0.3) is 0 Å². The normalized spacial score (nSPS) is 11.2. The SMILES string of the molecule is Cc1nn(C)c(C(=O)O)c1CNC(=O)OC(C)(C)C. The molecule has 1 aromatic rings. The van der Waals surface area contributed by atoms with Crippen molar-refractivity contribution >= 4 is 12.1 Å². The molecule has 1 heterocycles. The molecule has 1 aromatic heterocycles. The number of carboxylic acids is 1. The Balaban J connectivity index is 2.79. The zero-order valence-electron chi connectivity index (χ0n) is 11.8. The maximum Gasteiger partial charge on any atom is 0.407 e. The first-order valence-corrected chi connectivity index (χ1v) is 5.84. The Labute approximate surface area is 111 Å². The molecule has 0 fully saturated rings. The maximum absolute atomic E-state index is 11.5. The molecule has 2 N–H and O–H groups in total. The van der Waals surface area contributed by atoms with Crippen molar-refractivity contribution in [3.8, 4) is 0 Å². The third-order valence-electron chi connectivity index (χ3n) is 2.36. The first kappa shape index (κ1) is 15.0. The summed E-state index contributed by atoms with van der Waals surface area (Å²) in [5, 5.41) is 15.7. The third-order valence-corrected chi connectivity index (χ3v) is 2.36. The Morgan fingerprint density at radius 2 is 2.00 bits per heavy atom. The van der Waals surface area contributed by atoms with Crippen molar-refractivity contribution in [3.63, 3.8) is 0 Å². The number of rotatable bonds is 3. The van der Waals surface area contributed by atoms with Crippen molar-refractivity contribution in [2.24, 2.45) is 7.05 Å². The standard InChI is InChI=1S/C12H19N3O4/c1-7-8(9(10(16)17)15(5)14-7)6-13-11(18)19-12(2,3)4/h6H2,1-5H3,(H,13,18)(H,16,17). The van der Waals surface area contributed by atoms with E-state index in [2.05, 4.69) is 10.4 Å². The number of ether oxygens (including phenoxy) is 1. The Morgan fingerprint density at radius 3 is 2.47 bits per heavy atom. The number of carboxylic acid groups (broad SMARTS) is 1. The molecule has 0 unspecified atom stereocenters. The van der Waals surface area contributed by atoms with Gasteiger partial charge in [-0.05, 0) is 27.7 Å². The van der Waals surface area contributed by atoms with Gasteiger partial charge in [0.05, 0.1) is 12.2 Å². The van der Waals surface area contributed by atoms with Gasteiger partial charge in [0.25, 0.3) is 0 Å². The molecule has 0 aromatic carbocycles. The van der Waals surface area contributed by atoms with Crippen LogP contribution >= 0.6 is 0 Å². The number of carbonyl (C=O) groups is 2. The summed E-state index contributed by atoms with van der Waals surface area (Å²) in [6.07, 6.45) is -0.591. The molecule has 0 saturated heterocycles. The zero-order chi connectivity index (χ0) is 14.8. The first-order chi connectivity index (χ1) is 8.61. The van der Waals surface area contributed by atoms with E-state index in [9.17, 15) is 9.59 Å². The molecule has 0 aliphatic carbocycles.